The molecule has 8 heteroatoms. The van der Waals surface area contributed by atoms with Gasteiger partial charge in [0.1, 0.15) is 18.5 Å². The first-order chi connectivity index (χ1) is 15.3. The average molecular weight is 444 g/mol. The molecule has 0 radical (unpaired) electrons. The molecule has 2 fully saturated rings. The van der Waals surface area contributed by atoms with Gasteiger partial charge in [-0.25, -0.2) is 0 Å². The third-order valence-electron chi connectivity index (χ3n) is 6.91. The number of carbonyl (C=O) groups excluding carboxylic acids is 3. The third kappa shape index (κ3) is 4.75. The van der Waals surface area contributed by atoms with Crippen molar-refractivity contribution >= 4 is 23.4 Å². The fraction of sp³-hybridized carbons (Fsp3) is 0.625. The first kappa shape index (κ1) is 22.6. The summed E-state index contributed by atoms with van der Waals surface area (Å²) in [6.45, 7) is 0.301. The van der Waals surface area contributed by atoms with Crippen LogP contribution in [-0.4, -0.2) is 73.5 Å². The quantitative estimate of drug-likeness (QED) is 0.773. The molecule has 1 N–H and O–H groups in total. The summed E-state index contributed by atoms with van der Waals surface area (Å²) >= 11 is 0. The van der Waals surface area contributed by atoms with E-state index in [9.17, 15) is 14.4 Å². The number of nitrogens with zero attached hydrogens (tertiary/aromatic N) is 2. The van der Waals surface area contributed by atoms with Crippen molar-refractivity contribution in [1.29, 1.82) is 0 Å². The summed E-state index contributed by atoms with van der Waals surface area (Å²) in [5.74, 6) is 0.433. The molecule has 1 aromatic rings. The largest absolute Gasteiger partial charge is 0.490 e. The Morgan fingerprint density at radius 3 is 2.62 bits per heavy atom. The minimum atomic E-state index is -0.299. The molecule has 1 saturated carbocycles. The first-order valence-corrected chi connectivity index (χ1v) is 11.5. The molecule has 2 aliphatic heterocycles. The number of carbonyl (C=O) groups is 3. The number of benzene rings is 1. The van der Waals surface area contributed by atoms with Crippen molar-refractivity contribution in [3.63, 3.8) is 0 Å². The van der Waals surface area contributed by atoms with Crippen molar-refractivity contribution in [3.05, 3.63) is 23.8 Å². The maximum Gasteiger partial charge on any atom is 0.257 e. The van der Waals surface area contributed by atoms with E-state index in [0.29, 0.717) is 36.4 Å². The van der Waals surface area contributed by atoms with Gasteiger partial charge in [-0.1, -0.05) is 12.8 Å². The molecule has 174 valence electrons. The summed E-state index contributed by atoms with van der Waals surface area (Å²) < 4.78 is 12.2. The second-order valence-corrected chi connectivity index (χ2v) is 9.34. The van der Waals surface area contributed by atoms with E-state index in [1.807, 2.05) is 0 Å². The van der Waals surface area contributed by atoms with E-state index in [2.05, 4.69) is 5.32 Å². The molecule has 3 aliphatic rings. The molecule has 3 atom stereocenters. The van der Waals surface area contributed by atoms with Crippen molar-refractivity contribution in [2.75, 3.05) is 33.1 Å². The van der Waals surface area contributed by atoms with Crippen molar-refractivity contribution in [2.24, 2.45) is 5.92 Å². The summed E-state index contributed by atoms with van der Waals surface area (Å²) in [4.78, 5) is 41.2. The minimum Gasteiger partial charge on any atom is -0.490 e. The molecule has 1 aromatic carbocycles. The van der Waals surface area contributed by atoms with Gasteiger partial charge in [0.15, 0.2) is 0 Å². The highest BCUT2D eigenvalue weighted by molar-refractivity contribution is 6.00. The van der Waals surface area contributed by atoms with Crippen LogP contribution in [-0.2, 0) is 14.3 Å². The second kappa shape index (κ2) is 9.48. The van der Waals surface area contributed by atoms with Crippen LogP contribution in [0.2, 0.25) is 0 Å². The van der Waals surface area contributed by atoms with Gasteiger partial charge < -0.3 is 24.6 Å². The highest BCUT2D eigenvalue weighted by Crippen LogP contribution is 2.33. The zero-order valence-electron chi connectivity index (χ0n) is 19.1. The molecule has 1 aliphatic carbocycles. The van der Waals surface area contributed by atoms with Crippen LogP contribution >= 0.6 is 0 Å². The molecule has 0 aromatic heterocycles. The maximum absolute atomic E-state index is 13.3. The fourth-order valence-corrected chi connectivity index (χ4v) is 4.91. The van der Waals surface area contributed by atoms with E-state index in [-0.39, 0.29) is 41.9 Å². The van der Waals surface area contributed by atoms with Crippen molar-refractivity contribution < 1.29 is 23.9 Å². The number of hydrogen-bond donors (Lipinski definition) is 1. The average Bonchev–Trinajstić information content (AvgIpc) is 3.32. The molecule has 4 rings (SSSR count). The van der Waals surface area contributed by atoms with Crippen molar-refractivity contribution in [2.45, 2.75) is 63.2 Å². The van der Waals surface area contributed by atoms with Gasteiger partial charge in [-0.2, -0.15) is 0 Å². The van der Waals surface area contributed by atoms with E-state index in [1.54, 1.807) is 49.1 Å². The number of fused-ring (bicyclic) bond motifs is 2. The molecule has 8 nitrogen and oxygen atoms in total. The summed E-state index contributed by atoms with van der Waals surface area (Å²) in [7, 11) is 5.26. The lowest BCUT2D eigenvalue weighted by Gasteiger charge is -2.42. The van der Waals surface area contributed by atoms with Gasteiger partial charge in [-0.05, 0) is 43.9 Å². The lowest BCUT2D eigenvalue weighted by Crippen LogP contribution is -2.53. The van der Waals surface area contributed by atoms with Crippen LogP contribution in [0.1, 0.15) is 55.3 Å². The number of ether oxygens (including phenoxy) is 2. The van der Waals surface area contributed by atoms with Crippen LogP contribution in [0.3, 0.4) is 0 Å². The minimum absolute atomic E-state index is 0.0223. The highest BCUT2D eigenvalue weighted by Gasteiger charge is 2.39. The van der Waals surface area contributed by atoms with E-state index >= 15 is 0 Å². The summed E-state index contributed by atoms with van der Waals surface area (Å²) in [6.07, 6.45) is 5.34. The van der Waals surface area contributed by atoms with E-state index < -0.39 is 0 Å². The molecule has 0 unspecified atom stereocenters. The summed E-state index contributed by atoms with van der Waals surface area (Å²) in [6, 6.07) is 5.10. The predicted octanol–water partition coefficient (Wildman–Crippen LogP) is 2.67. The Morgan fingerprint density at radius 1 is 1.16 bits per heavy atom. The van der Waals surface area contributed by atoms with E-state index in [1.165, 1.54) is 0 Å². The molecule has 2 heterocycles. The normalized spacial score (nSPS) is 25.8. The highest BCUT2D eigenvalue weighted by atomic mass is 16.5. The zero-order chi connectivity index (χ0) is 22.8. The Balaban J connectivity index is 1.48. The number of likely N-dealkylation sites (N-methyl/N-ethyl adjacent to an activating group) is 1. The van der Waals surface area contributed by atoms with Gasteiger partial charge in [-0.3, -0.25) is 14.4 Å². The third-order valence-corrected chi connectivity index (χ3v) is 6.91. The van der Waals surface area contributed by atoms with Crippen molar-refractivity contribution in [3.8, 4) is 5.75 Å². The molecule has 3 amide bonds. The Kier molecular flexibility index (Phi) is 6.69. The number of amides is 3. The van der Waals surface area contributed by atoms with Crippen LogP contribution in [0.15, 0.2) is 18.2 Å². The summed E-state index contributed by atoms with van der Waals surface area (Å²) in [5.41, 5.74) is 1.06. The topological polar surface area (TPSA) is 88.2 Å². The zero-order valence-corrected chi connectivity index (χ0v) is 19.1. The molecular formula is C24H33N3O5. The number of rotatable bonds is 4. The number of hydrogen-bond acceptors (Lipinski definition) is 5. The molecule has 0 bridgehead atoms. The standard InChI is InChI=1S/C24H33N3O5/c1-26(2)22(28)13-17-9-10-19-21(32-17)14-31-20-11-8-16(12-18(20)24(30)27(19)3)25-23(29)15-6-4-5-7-15/h8,11-12,15,17,19,21H,4-7,9-10,13-14H2,1-3H3,(H,25,29)/t17-,19+,21-/m0/s1. The molecule has 0 spiro atoms. The van der Waals surface area contributed by atoms with Crippen LogP contribution in [0.4, 0.5) is 5.69 Å². The van der Waals surface area contributed by atoms with Crippen LogP contribution < -0.4 is 10.1 Å². The number of nitrogens with one attached hydrogen (secondary N) is 1. The van der Waals surface area contributed by atoms with E-state index in [4.69, 9.17) is 9.47 Å². The SMILES string of the molecule is CN(C)C(=O)C[C@@H]1CC[C@@H]2[C@H](COc3ccc(NC(=O)C4CCCC4)cc3C(=O)N2C)O1. The van der Waals surface area contributed by atoms with Crippen LogP contribution in [0.5, 0.6) is 5.75 Å². The molecule has 1 saturated heterocycles. The Bertz CT molecular complexity index is 880. The van der Waals surface area contributed by atoms with Gasteiger partial charge in [0, 0.05) is 32.7 Å². The monoisotopic (exact) mass is 443 g/mol. The van der Waals surface area contributed by atoms with Crippen molar-refractivity contribution in [1.82, 2.24) is 9.80 Å². The van der Waals surface area contributed by atoms with E-state index in [0.717, 1.165) is 32.1 Å². The lowest BCUT2D eigenvalue weighted by atomic mass is 9.94. The number of anilines is 1. The van der Waals surface area contributed by atoms with Gasteiger partial charge in [0.25, 0.3) is 5.91 Å². The second-order valence-electron chi connectivity index (χ2n) is 9.34. The fourth-order valence-electron chi connectivity index (χ4n) is 4.91. The maximum atomic E-state index is 13.3. The lowest BCUT2D eigenvalue weighted by molar-refractivity contribution is -0.140. The van der Waals surface area contributed by atoms with Gasteiger partial charge in [0.05, 0.1) is 24.1 Å². The predicted molar refractivity (Wildman–Crippen MR) is 120 cm³/mol. The Labute approximate surface area is 189 Å². The Hall–Kier alpha value is -2.61. The van der Waals surface area contributed by atoms with Crippen LogP contribution in [0.25, 0.3) is 0 Å². The first-order valence-electron chi connectivity index (χ1n) is 11.5. The molecular weight excluding hydrogens is 410 g/mol. The van der Waals surface area contributed by atoms with Gasteiger partial charge in [0.2, 0.25) is 11.8 Å². The smallest absolute Gasteiger partial charge is 0.257 e. The summed E-state index contributed by atoms with van der Waals surface area (Å²) in [5, 5.41) is 2.97. The van der Waals surface area contributed by atoms with Crippen LogP contribution in [0, 0.1) is 5.92 Å². The van der Waals surface area contributed by atoms with Gasteiger partial charge in [-0.15, -0.1) is 0 Å². The van der Waals surface area contributed by atoms with Gasteiger partial charge >= 0.3 is 0 Å². The Morgan fingerprint density at radius 2 is 1.91 bits per heavy atom. The molecule has 32 heavy (non-hydrogen) atoms.